The molecule has 0 aromatic heterocycles. The van der Waals surface area contributed by atoms with Crippen LogP contribution >= 0.6 is 0 Å². The molecule has 1 atom stereocenters. The Morgan fingerprint density at radius 3 is 2.06 bits per heavy atom. The molecule has 0 bridgehead atoms. The van der Waals surface area contributed by atoms with Gasteiger partial charge in [-0.15, -0.1) is 0 Å². The summed E-state index contributed by atoms with van der Waals surface area (Å²) in [5.41, 5.74) is 1.39. The van der Waals surface area contributed by atoms with Gasteiger partial charge in [0.1, 0.15) is 0 Å². The largest absolute Gasteiger partial charge is 0.335 e. The molecule has 98 valence electrons. The fourth-order valence-electron chi connectivity index (χ4n) is 1.33. The summed E-state index contributed by atoms with van der Waals surface area (Å²) < 4.78 is 0. The van der Waals surface area contributed by atoms with Gasteiger partial charge in [0.2, 0.25) is 5.91 Å². The number of benzene rings is 1. The quantitative estimate of drug-likeness (QED) is 0.767. The molecule has 0 aliphatic carbocycles. The molecule has 0 radical (unpaired) electrons. The van der Waals surface area contributed by atoms with Crippen LogP contribution in [0.25, 0.3) is 0 Å². The topological polar surface area (TPSA) is 70.2 Å². The Bertz CT molecular complexity index is 415. The summed E-state index contributed by atoms with van der Waals surface area (Å²) >= 11 is 0. The van der Waals surface area contributed by atoms with Crippen molar-refractivity contribution < 1.29 is 9.59 Å². The second kappa shape index (κ2) is 6.64. The zero-order chi connectivity index (χ0) is 13.5. The maximum Gasteiger partial charge on any atom is 0.319 e. The molecule has 5 heteroatoms. The van der Waals surface area contributed by atoms with Crippen LogP contribution < -0.4 is 16.0 Å². The normalized spacial score (nSPS) is 11.5. The SMILES string of the molecule is CC[C@H](C)NC(=O)Nc1ccc(NC(C)=O)cc1. The zero-order valence-corrected chi connectivity index (χ0v) is 10.9. The predicted octanol–water partition coefficient (Wildman–Crippen LogP) is 2.57. The second-order valence-electron chi connectivity index (χ2n) is 4.17. The van der Waals surface area contributed by atoms with E-state index in [-0.39, 0.29) is 18.0 Å². The summed E-state index contributed by atoms with van der Waals surface area (Å²) in [5, 5.41) is 8.19. The molecular formula is C13H19N3O2. The minimum Gasteiger partial charge on any atom is -0.335 e. The van der Waals surface area contributed by atoms with Crippen molar-refractivity contribution in [3.05, 3.63) is 24.3 Å². The first-order valence-corrected chi connectivity index (χ1v) is 5.96. The summed E-state index contributed by atoms with van der Waals surface area (Å²) in [6.45, 7) is 5.40. The molecule has 0 saturated heterocycles. The van der Waals surface area contributed by atoms with Crippen LogP contribution in [0.15, 0.2) is 24.3 Å². The van der Waals surface area contributed by atoms with Crippen molar-refractivity contribution in [3.63, 3.8) is 0 Å². The standard InChI is InChI=1S/C13H19N3O2/c1-4-9(2)14-13(18)16-12-7-5-11(6-8-12)15-10(3)17/h5-9H,4H2,1-3H3,(H,15,17)(H2,14,16,18)/t9-/m0/s1. The van der Waals surface area contributed by atoms with Crippen LogP contribution in [-0.4, -0.2) is 18.0 Å². The first-order valence-electron chi connectivity index (χ1n) is 5.96. The molecule has 0 heterocycles. The zero-order valence-electron chi connectivity index (χ0n) is 10.9. The number of urea groups is 1. The molecule has 0 fully saturated rings. The van der Waals surface area contributed by atoms with Crippen LogP contribution in [0.2, 0.25) is 0 Å². The van der Waals surface area contributed by atoms with Gasteiger partial charge in [-0.3, -0.25) is 4.79 Å². The van der Waals surface area contributed by atoms with Gasteiger partial charge in [-0.2, -0.15) is 0 Å². The van der Waals surface area contributed by atoms with Gasteiger partial charge >= 0.3 is 6.03 Å². The number of hydrogen-bond acceptors (Lipinski definition) is 2. The monoisotopic (exact) mass is 249 g/mol. The Hall–Kier alpha value is -2.04. The van der Waals surface area contributed by atoms with E-state index in [4.69, 9.17) is 0 Å². The van der Waals surface area contributed by atoms with Crippen molar-refractivity contribution in [2.45, 2.75) is 33.2 Å². The molecule has 3 amide bonds. The van der Waals surface area contributed by atoms with Crippen LogP contribution in [0.4, 0.5) is 16.2 Å². The lowest BCUT2D eigenvalue weighted by atomic mass is 10.2. The molecular weight excluding hydrogens is 230 g/mol. The van der Waals surface area contributed by atoms with Gasteiger partial charge in [-0.1, -0.05) is 6.92 Å². The summed E-state index contributed by atoms with van der Waals surface area (Å²) in [7, 11) is 0. The van der Waals surface area contributed by atoms with Gasteiger partial charge in [0.25, 0.3) is 0 Å². The van der Waals surface area contributed by atoms with E-state index in [2.05, 4.69) is 16.0 Å². The minimum atomic E-state index is -0.225. The van der Waals surface area contributed by atoms with E-state index in [0.717, 1.165) is 6.42 Å². The Kier molecular flexibility index (Phi) is 5.17. The van der Waals surface area contributed by atoms with Crippen molar-refractivity contribution >= 4 is 23.3 Å². The van der Waals surface area contributed by atoms with Crippen LogP contribution in [0, 0.1) is 0 Å². The Morgan fingerprint density at radius 2 is 1.61 bits per heavy atom. The molecule has 1 aromatic rings. The van der Waals surface area contributed by atoms with E-state index in [9.17, 15) is 9.59 Å². The number of rotatable bonds is 4. The van der Waals surface area contributed by atoms with Gasteiger partial charge < -0.3 is 16.0 Å². The Balaban J connectivity index is 2.53. The third-order valence-corrected chi connectivity index (χ3v) is 2.45. The Labute approximate surface area is 107 Å². The Morgan fingerprint density at radius 1 is 1.11 bits per heavy atom. The molecule has 3 N–H and O–H groups in total. The minimum absolute atomic E-state index is 0.120. The number of carbonyl (C=O) groups excluding carboxylic acids is 2. The van der Waals surface area contributed by atoms with E-state index in [1.165, 1.54) is 6.92 Å². The lowest BCUT2D eigenvalue weighted by Gasteiger charge is -2.12. The maximum absolute atomic E-state index is 11.6. The fraction of sp³-hybridized carbons (Fsp3) is 0.385. The number of hydrogen-bond donors (Lipinski definition) is 3. The molecule has 1 rings (SSSR count). The van der Waals surface area contributed by atoms with E-state index in [1.54, 1.807) is 24.3 Å². The van der Waals surface area contributed by atoms with E-state index < -0.39 is 0 Å². The van der Waals surface area contributed by atoms with Gasteiger partial charge in [0.05, 0.1) is 0 Å². The summed E-state index contributed by atoms with van der Waals surface area (Å²) in [6, 6.07) is 6.86. The molecule has 0 saturated carbocycles. The number of carbonyl (C=O) groups is 2. The molecule has 0 aliphatic heterocycles. The van der Waals surface area contributed by atoms with E-state index in [0.29, 0.717) is 11.4 Å². The number of amides is 3. The van der Waals surface area contributed by atoms with Crippen molar-refractivity contribution in [1.29, 1.82) is 0 Å². The van der Waals surface area contributed by atoms with E-state index in [1.807, 2.05) is 13.8 Å². The molecule has 5 nitrogen and oxygen atoms in total. The molecule has 1 aromatic carbocycles. The van der Waals surface area contributed by atoms with Crippen molar-refractivity contribution in [3.8, 4) is 0 Å². The highest BCUT2D eigenvalue weighted by Crippen LogP contribution is 2.13. The van der Waals surface area contributed by atoms with Gasteiger partial charge in [0.15, 0.2) is 0 Å². The van der Waals surface area contributed by atoms with Crippen LogP contribution in [0.5, 0.6) is 0 Å². The van der Waals surface area contributed by atoms with Crippen molar-refractivity contribution in [2.24, 2.45) is 0 Å². The molecule has 0 spiro atoms. The third kappa shape index (κ3) is 4.86. The predicted molar refractivity (Wildman–Crippen MR) is 72.7 cm³/mol. The average molecular weight is 249 g/mol. The molecule has 0 aliphatic rings. The maximum atomic E-state index is 11.6. The summed E-state index contributed by atoms with van der Waals surface area (Å²) in [6.07, 6.45) is 0.884. The smallest absolute Gasteiger partial charge is 0.319 e. The lowest BCUT2D eigenvalue weighted by molar-refractivity contribution is -0.114. The van der Waals surface area contributed by atoms with Crippen LogP contribution in [0.1, 0.15) is 27.2 Å². The lowest BCUT2D eigenvalue weighted by Crippen LogP contribution is -2.35. The van der Waals surface area contributed by atoms with Gasteiger partial charge in [0, 0.05) is 24.3 Å². The average Bonchev–Trinajstić information content (AvgIpc) is 2.30. The second-order valence-corrected chi connectivity index (χ2v) is 4.17. The highest BCUT2D eigenvalue weighted by molar-refractivity contribution is 5.91. The summed E-state index contributed by atoms with van der Waals surface area (Å²) in [4.78, 5) is 22.4. The third-order valence-electron chi connectivity index (χ3n) is 2.45. The van der Waals surface area contributed by atoms with Gasteiger partial charge in [-0.25, -0.2) is 4.79 Å². The van der Waals surface area contributed by atoms with Crippen molar-refractivity contribution in [2.75, 3.05) is 10.6 Å². The van der Waals surface area contributed by atoms with E-state index >= 15 is 0 Å². The van der Waals surface area contributed by atoms with Crippen LogP contribution in [0.3, 0.4) is 0 Å². The first-order chi connectivity index (χ1) is 8.51. The number of nitrogens with one attached hydrogen (secondary N) is 3. The van der Waals surface area contributed by atoms with Gasteiger partial charge in [-0.05, 0) is 37.6 Å². The first kappa shape index (κ1) is 14.0. The van der Waals surface area contributed by atoms with Crippen LogP contribution in [-0.2, 0) is 4.79 Å². The highest BCUT2D eigenvalue weighted by Gasteiger charge is 2.05. The molecule has 0 unspecified atom stereocenters. The summed E-state index contributed by atoms with van der Waals surface area (Å²) in [5.74, 6) is -0.120. The highest BCUT2D eigenvalue weighted by atomic mass is 16.2. The van der Waals surface area contributed by atoms with Crippen molar-refractivity contribution in [1.82, 2.24) is 5.32 Å². The number of anilines is 2. The fourth-order valence-corrected chi connectivity index (χ4v) is 1.33. The molecule has 18 heavy (non-hydrogen) atoms.